The van der Waals surface area contributed by atoms with Crippen LogP contribution in [-0.4, -0.2) is 39.3 Å². The zero-order valence-electron chi connectivity index (χ0n) is 14.1. The minimum absolute atomic E-state index is 0.103. The smallest absolute Gasteiger partial charge is 0.118 e. The first-order valence-electron chi connectivity index (χ1n) is 8.08. The van der Waals surface area contributed by atoms with E-state index in [0.29, 0.717) is 0 Å². The van der Waals surface area contributed by atoms with Gasteiger partial charge in [0, 0.05) is 25.8 Å². The summed E-state index contributed by atoms with van der Waals surface area (Å²) in [4.78, 5) is 6.55. The molecule has 1 fully saturated rings. The van der Waals surface area contributed by atoms with Gasteiger partial charge in [-0.05, 0) is 44.0 Å². The SMILES string of the molecule is COc1ccc([C@](C)(O)[C@H]2CCCN2Cc2cncn2C)cc1. The summed E-state index contributed by atoms with van der Waals surface area (Å²) in [5.41, 5.74) is 1.21. The van der Waals surface area contributed by atoms with Gasteiger partial charge < -0.3 is 14.4 Å². The summed E-state index contributed by atoms with van der Waals surface area (Å²) in [5, 5.41) is 11.2. The first-order valence-corrected chi connectivity index (χ1v) is 8.08. The predicted molar refractivity (Wildman–Crippen MR) is 89.2 cm³/mol. The van der Waals surface area contributed by atoms with Crippen LogP contribution in [0.5, 0.6) is 5.75 Å². The molecule has 1 aromatic heterocycles. The largest absolute Gasteiger partial charge is 0.497 e. The van der Waals surface area contributed by atoms with Crippen LogP contribution in [-0.2, 0) is 19.2 Å². The quantitative estimate of drug-likeness (QED) is 0.920. The average molecular weight is 315 g/mol. The fraction of sp³-hybridized carbons (Fsp3) is 0.500. The number of likely N-dealkylation sites (tertiary alicyclic amines) is 1. The van der Waals surface area contributed by atoms with Gasteiger partial charge in [0.15, 0.2) is 0 Å². The number of aromatic nitrogens is 2. The Hall–Kier alpha value is -1.85. The molecular weight excluding hydrogens is 290 g/mol. The lowest BCUT2D eigenvalue weighted by molar-refractivity contribution is -0.0259. The van der Waals surface area contributed by atoms with Gasteiger partial charge in [-0.15, -0.1) is 0 Å². The van der Waals surface area contributed by atoms with Crippen molar-refractivity contribution in [1.29, 1.82) is 0 Å². The highest BCUT2D eigenvalue weighted by atomic mass is 16.5. The van der Waals surface area contributed by atoms with E-state index in [1.807, 2.05) is 55.3 Å². The van der Waals surface area contributed by atoms with Gasteiger partial charge in [0.2, 0.25) is 0 Å². The van der Waals surface area contributed by atoms with Gasteiger partial charge in [0.25, 0.3) is 0 Å². The second-order valence-electron chi connectivity index (χ2n) is 6.50. The van der Waals surface area contributed by atoms with E-state index in [2.05, 4.69) is 9.88 Å². The minimum Gasteiger partial charge on any atom is -0.497 e. The summed E-state index contributed by atoms with van der Waals surface area (Å²) in [6.45, 7) is 3.73. The van der Waals surface area contributed by atoms with E-state index in [1.54, 1.807) is 7.11 Å². The Kier molecular flexibility index (Phi) is 4.41. The van der Waals surface area contributed by atoms with Gasteiger partial charge in [-0.2, -0.15) is 0 Å². The molecule has 0 unspecified atom stereocenters. The van der Waals surface area contributed by atoms with E-state index in [0.717, 1.165) is 37.2 Å². The maximum absolute atomic E-state index is 11.2. The predicted octanol–water partition coefficient (Wildman–Crippen LogP) is 2.30. The van der Waals surface area contributed by atoms with Crippen molar-refractivity contribution >= 4 is 0 Å². The highest BCUT2D eigenvalue weighted by Gasteiger charge is 2.40. The lowest BCUT2D eigenvalue weighted by atomic mass is 9.86. The second kappa shape index (κ2) is 6.34. The summed E-state index contributed by atoms with van der Waals surface area (Å²) in [5.74, 6) is 0.808. The first-order chi connectivity index (χ1) is 11.0. The molecule has 0 spiro atoms. The molecule has 5 nitrogen and oxygen atoms in total. The van der Waals surface area contributed by atoms with Crippen LogP contribution in [0.25, 0.3) is 0 Å². The van der Waals surface area contributed by atoms with Crippen molar-refractivity contribution < 1.29 is 9.84 Å². The van der Waals surface area contributed by atoms with Crippen LogP contribution in [0.4, 0.5) is 0 Å². The Labute approximate surface area is 137 Å². The van der Waals surface area contributed by atoms with Crippen molar-refractivity contribution in [3.05, 3.63) is 48.0 Å². The fourth-order valence-electron chi connectivity index (χ4n) is 3.52. The Morgan fingerprint density at radius 2 is 2.09 bits per heavy atom. The molecule has 0 aliphatic carbocycles. The number of aryl methyl sites for hydroxylation is 1. The van der Waals surface area contributed by atoms with Gasteiger partial charge in [0.05, 0.1) is 19.1 Å². The van der Waals surface area contributed by atoms with Gasteiger partial charge in [0.1, 0.15) is 11.4 Å². The lowest BCUT2D eigenvalue weighted by Gasteiger charge is -2.37. The number of ether oxygens (including phenoxy) is 1. The standard InChI is InChI=1S/C18H25N3O2/c1-18(22,14-6-8-16(23-3)9-7-14)17-5-4-10-21(17)12-15-11-19-13-20(15)2/h6-9,11,13,17,22H,4-5,10,12H2,1-3H3/t17-,18+/m1/s1. The number of imidazole rings is 1. The molecule has 23 heavy (non-hydrogen) atoms. The number of hydrogen-bond donors (Lipinski definition) is 1. The van der Waals surface area contributed by atoms with Crippen molar-refractivity contribution in [3.8, 4) is 5.75 Å². The Bertz CT molecular complexity index is 649. The van der Waals surface area contributed by atoms with Crippen molar-refractivity contribution in [2.45, 2.75) is 38.0 Å². The van der Waals surface area contributed by atoms with E-state index in [1.165, 1.54) is 5.69 Å². The molecule has 1 aromatic carbocycles. The third kappa shape index (κ3) is 3.12. The van der Waals surface area contributed by atoms with Crippen LogP contribution in [0.3, 0.4) is 0 Å². The molecule has 1 saturated heterocycles. The number of rotatable bonds is 5. The fourth-order valence-corrected chi connectivity index (χ4v) is 3.52. The summed E-state index contributed by atoms with van der Waals surface area (Å²) >= 11 is 0. The van der Waals surface area contributed by atoms with E-state index in [9.17, 15) is 5.11 Å². The minimum atomic E-state index is -0.888. The van der Waals surface area contributed by atoms with Crippen LogP contribution in [0.15, 0.2) is 36.8 Å². The molecule has 5 heteroatoms. The van der Waals surface area contributed by atoms with E-state index in [4.69, 9.17) is 4.74 Å². The summed E-state index contributed by atoms with van der Waals surface area (Å²) < 4.78 is 7.25. The normalized spacial score (nSPS) is 21.3. The van der Waals surface area contributed by atoms with Crippen molar-refractivity contribution in [2.24, 2.45) is 7.05 Å². The van der Waals surface area contributed by atoms with Gasteiger partial charge in [-0.25, -0.2) is 4.98 Å². The van der Waals surface area contributed by atoms with Crippen molar-refractivity contribution in [1.82, 2.24) is 14.5 Å². The molecule has 2 atom stereocenters. The van der Waals surface area contributed by atoms with Crippen molar-refractivity contribution in [2.75, 3.05) is 13.7 Å². The maximum Gasteiger partial charge on any atom is 0.118 e. The highest BCUT2D eigenvalue weighted by Crippen LogP contribution is 2.36. The Balaban J connectivity index is 1.80. The van der Waals surface area contributed by atoms with Gasteiger partial charge >= 0.3 is 0 Å². The van der Waals surface area contributed by atoms with Crippen LogP contribution in [0.2, 0.25) is 0 Å². The van der Waals surface area contributed by atoms with Crippen LogP contribution in [0, 0.1) is 0 Å². The molecule has 1 N–H and O–H groups in total. The highest BCUT2D eigenvalue weighted by molar-refractivity contribution is 5.31. The zero-order chi connectivity index (χ0) is 16.4. The summed E-state index contributed by atoms with van der Waals surface area (Å²) in [6.07, 6.45) is 5.82. The monoisotopic (exact) mass is 315 g/mol. The number of methoxy groups -OCH3 is 1. The Morgan fingerprint density at radius 1 is 1.35 bits per heavy atom. The third-order valence-electron chi connectivity index (χ3n) is 4.97. The molecule has 3 rings (SSSR count). The lowest BCUT2D eigenvalue weighted by Crippen LogP contribution is -2.45. The number of aliphatic hydroxyl groups is 1. The topological polar surface area (TPSA) is 50.5 Å². The van der Waals surface area contributed by atoms with Crippen LogP contribution in [0.1, 0.15) is 31.0 Å². The second-order valence-corrected chi connectivity index (χ2v) is 6.50. The Morgan fingerprint density at radius 3 is 2.70 bits per heavy atom. The average Bonchev–Trinajstić information content (AvgIpc) is 3.18. The number of hydrogen-bond acceptors (Lipinski definition) is 4. The molecular formula is C18H25N3O2. The molecule has 2 aromatic rings. The summed E-state index contributed by atoms with van der Waals surface area (Å²) in [6, 6.07) is 7.83. The first kappa shape index (κ1) is 16.0. The van der Waals surface area contributed by atoms with Crippen LogP contribution < -0.4 is 4.74 Å². The molecule has 0 amide bonds. The van der Waals surface area contributed by atoms with Gasteiger partial charge in [-0.3, -0.25) is 4.90 Å². The molecule has 2 heterocycles. The molecule has 1 aliphatic heterocycles. The molecule has 0 bridgehead atoms. The molecule has 124 valence electrons. The van der Waals surface area contributed by atoms with E-state index in [-0.39, 0.29) is 6.04 Å². The van der Waals surface area contributed by atoms with Gasteiger partial charge in [-0.1, -0.05) is 12.1 Å². The molecule has 0 saturated carbocycles. The zero-order valence-corrected chi connectivity index (χ0v) is 14.1. The number of benzene rings is 1. The summed E-state index contributed by atoms with van der Waals surface area (Å²) in [7, 11) is 3.66. The molecule has 1 aliphatic rings. The maximum atomic E-state index is 11.2. The van der Waals surface area contributed by atoms with E-state index >= 15 is 0 Å². The van der Waals surface area contributed by atoms with Crippen molar-refractivity contribution in [3.63, 3.8) is 0 Å². The van der Waals surface area contributed by atoms with Crippen LogP contribution >= 0.6 is 0 Å². The number of nitrogens with zero attached hydrogens (tertiary/aromatic N) is 3. The third-order valence-corrected chi connectivity index (χ3v) is 4.97. The van der Waals surface area contributed by atoms with E-state index < -0.39 is 5.60 Å². The molecule has 0 radical (unpaired) electrons.